The molecule has 23 heavy (non-hydrogen) atoms. The molecule has 0 aliphatic heterocycles. The van der Waals surface area contributed by atoms with Crippen LogP contribution in [0, 0.1) is 0 Å². The van der Waals surface area contributed by atoms with Gasteiger partial charge in [0.1, 0.15) is 11.6 Å². The standard InChI is InChI=1S/C18H18N4O/c1-2-19-18-21-16(13-6-4-3-5-7-13)12-17(22-18)20-14-8-10-15(23)11-9-14/h3-12,23H,2H2,1H3,(H2,19,20,21,22). The van der Waals surface area contributed by atoms with Crippen LogP contribution in [0.3, 0.4) is 0 Å². The van der Waals surface area contributed by atoms with E-state index in [4.69, 9.17) is 0 Å². The molecule has 0 spiro atoms. The van der Waals surface area contributed by atoms with Crippen molar-refractivity contribution in [3.63, 3.8) is 0 Å². The molecule has 0 aliphatic carbocycles. The highest BCUT2D eigenvalue weighted by molar-refractivity contribution is 5.67. The van der Waals surface area contributed by atoms with Crippen LogP contribution in [0.4, 0.5) is 17.5 Å². The summed E-state index contributed by atoms with van der Waals surface area (Å²) in [7, 11) is 0. The number of phenols is 1. The molecule has 2 aromatic carbocycles. The van der Waals surface area contributed by atoms with Crippen molar-refractivity contribution in [2.24, 2.45) is 0 Å². The molecule has 0 saturated heterocycles. The van der Waals surface area contributed by atoms with Crippen LogP contribution in [0.15, 0.2) is 60.7 Å². The molecule has 3 rings (SSSR count). The molecule has 116 valence electrons. The fourth-order valence-electron chi connectivity index (χ4n) is 2.20. The van der Waals surface area contributed by atoms with Gasteiger partial charge in [0.15, 0.2) is 0 Å². The van der Waals surface area contributed by atoms with E-state index in [1.54, 1.807) is 24.3 Å². The zero-order valence-corrected chi connectivity index (χ0v) is 12.8. The average Bonchev–Trinajstić information content (AvgIpc) is 2.58. The van der Waals surface area contributed by atoms with Crippen LogP contribution in [-0.4, -0.2) is 21.6 Å². The maximum atomic E-state index is 9.37. The van der Waals surface area contributed by atoms with E-state index in [0.717, 1.165) is 23.5 Å². The predicted octanol–water partition coefficient (Wildman–Crippen LogP) is 4.02. The molecule has 0 radical (unpaired) electrons. The molecule has 0 atom stereocenters. The fourth-order valence-corrected chi connectivity index (χ4v) is 2.20. The number of benzene rings is 2. The molecule has 3 aromatic rings. The van der Waals surface area contributed by atoms with Crippen molar-refractivity contribution in [1.82, 2.24) is 9.97 Å². The minimum Gasteiger partial charge on any atom is -0.508 e. The van der Waals surface area contributed by atoms with Gasteiger partial charge in [-0.05, 0) is 31.2 Å². The molecule has 0 unspecified atom stereocenters. The molecule has 0 amide bonds. The van der Waals surface area contributed by atoms with E-state index in [2.05, 4.69) is 20.6 Å². The van der Waals surface area contributed by atoms with Gasteiger partial charge in [0, 0.05) is 23.9 Å². The maximum Gasteiger partial charge on any atom is 0.225 e. The van der Waals surface area contributed by atoms with E-state index in [-0.39, 0.29) is 5.75 Å². The number of phenolic OH excluding ortho intramolecular Hbond substituents is 1. The van der Waals surface area contributed by atoms with Crippen LogP contribution in [-0.2, 0) is 0 Å². The van der Waals surface area contributed by atoms with Crippen LogP contribution >= 0.6 is 0 Å². The maximum absolute atomic E-state index is 9.37. The summed E-state index contributed by atoms with van der Waals surface area (Å²) < 4.78 is 0. The number of nitrogens with zero attached hydrogens (tertiary/aromatic N) is 2. The van der Waals surface area contributed by atoms with Gasteiger partial charge >= 0.3 is 0 Å². The third-order valence-corrected chi connectivity index (χ3v) is 3.27. The largest absolute Gasteiger partial charge is 0.508 e. The van der Waals surface area contributed by atoms with Crippen LogP contribution in [0.2, 0.25) is 0 Å². The minimum atomic E-state index is 0.233. The van der Waals surface area contributed by atoms with Gasteiger partial charge in [-0.15, -0.1) is 0 Å². The highest BCUT2D eigenvalue weighted by Gasteiger charge is 2.06. The Morgan fingerprint density at radius 2 is 1.70 bits per heavy atom. The summed E-state index contributed by atoms with van der Waals surface area (Å²) >= 11 is 0. The summed E-state index contributed by atoms with van der Waals surface area (Å²) in [6, 6.07) is 18.7. The number of hydrogen-bond acceptors (Lipinski definition) is 5. The summed E-state index contributed by atoms with van der Waals surface area (Å²) in [5.74, 6) is 1.51. The first kappa shape index (κ1) is 14.8. The van der Waals surface area contributed by atoms with E-state index >= 15 is 0 Å². The van der Waals surface area contributed by atoms with E-state index in [0.29, 0.717) is 11.8 Å². The quantitative estimate of drug-likeness (QED) is 0.621. The zero-order chi connectivity index (χ0) is 16.1. The number of rotatable bonds is 5. The number of anilines is 3. The second-order valence-corrected chi connectivity index (χ2v) is 5.03. The number of aromatic nitrogens is 2. The van der Waals surface area contributed by atoms with E-state index in [1.165, 1.54) is 0 Å². The summed E-state index contributed by atoms with van der Waals surface area (Å²) in [5, 5.41) is 15.8. The van der Waals surface area contributed by atoms with Gasteiger partial charge in [-0.1, -0.05) is 30.3 Å². The Morgan fingerprint density at radius 1 is 0.957 bits per heavy atom. The molecule has 0 saturated carbocycles. The third-order valence-electron chi connectivity index (χ3n) is 3.27. The van der Waals surface area contributed by atoms with Gasteiger partial charge in [-0.25, -0.2) is 4.98 Å². The van der Waals surface area contributed by atoms with Crippen LogP contribution in [0.5, 0.6) is 5.75 Å². The number of nitrogens with one attached hydrogen (secondary N) is 2. The molecule has 5 heteroatoms. The Balaban J connectivity index is 1.95. The lowest BCUT2D eigenvalue weighted by Gasteiger charge is -2.11. The molecule has 0 bridgehead atoms. The highest BCUT2D eigenvalue weighted by Crippen LogP contribution is 2.24. The van der Waals surface area contributed by atoms with Crippen LogP contribution in [0.25, 0.3) is 11.3 Å². The first-order chi connectivity index (χ1) is 11.2. The van der Waals surface area contributed by atoms with Crippen molar-refractivity contribution in [3.8, 4) is 17.0 Å². The lowest BCUT2D eigenvalue weighted by Crippen LogP contribution is -2.05. The zero-order valence-electron chi connectivity index (χ0n) is 12.8. The molecule has 5 nitrogen and oxygen atoms in total. The molecule has 0 fully saturated rings. The number of aromatic hydroxyl groups is 1. The molecule has 1 heterocycles. The van der Waals surface area contributed by atoms with Gasteiger partial charge in [-0.2, -0.15) is 4.98 Å². The first-order valence-electron chi connectivity index (χ1n) is 7.49. The summed E-state index contributed by atoms with van der Waals surface area (Å²) in [5.41, 5.74) is 2.73. The third kappa shape index (κ3) is 3.77. The van der Waals surface area contributed by atoms with Crippen molar-refractivity contribution in [2.75, 3.05) is 17.2 Å². The van der Waals surface area contributed by atoms with Crippen LogP contribution in [0.1, 0.15) is 6.92 Å². The lowest BCUT2D eigenvalue weighted by atomic mass is 10.1. The average molecular weight is 306 g/mol. The Hall–Kier alpha value is -3.08. The molecule has 0 aliphatic rings. The van der Waals surface area contributed by atoms with Crippen molar-refractivity contribution < 1.29 is 5.11 Å². The Bertz CT molecular complexity index is 773. The van der Waals surface area contributed by atoms with Crippen molar-refractivity contribution >= 4 is 17.5 Å². The van der Waals surface area contributed by atoms with Gasteiger partial charge in [0.2, 0.25) is 5.95 Å². The topological polar surface area (TPSA) is 70.1 Å². The van der Waals surface area contributed by atoms with E-state index in [1.807, 2.05) is 43.3 Å². The highest BCUT2D eigenvalue weighted by atomic mass is 16.3. The Labute approximate surface area is 135 Å². The van der Waals surface area contributed by atoms with Gasteiger partial charge in [-0.3, -0.25) is 0 Å². The first-order valence-corrected chi connectivity index (χ1v) is 7.49. The monoisotopic (exact) mass is 306 g/mol. The van der Waals surface area contributed by atoms with Gasteiger partial charge in [0.05, 0.1) is 5.69 Å². The van der Waals surface area contributed by atoms with Crippen molar-refractivity contribution in [3.05, 3.63) is 60.7 Å². The minimum absolute atomic E-state index is 0.233. The summed E-state index contributed by atoms with van der Waals surface area (Å²) in [6.07, 6.45) is 0. The second-order valence-electron chi connectivity index (χ2n) is 5.03. The fraction of sp³-hybridized carbons (Fsp3) is 0.111. The molecule has 1 aromatic heterocycles. The molecular formula is C18H18N4O. The normalized spacial score (nSPS) is 10.3. The summed E-state index contributed by atoms with van der Waals surface area (Å²) in [6.45, 7) is 2.75. The lowest BCUT2D eigenvalue weighted by molar-refractivity contribution is 0.475. The van der Waals surface area contributed by atoms with Gasteiger partial charge < -0.3 is 15.7 Å². The van der Waals surface area contributed by atoms with E-state index in [9.17, 15) is 5.11 Å². The smallest absolute Gasteiger partial charge is 0.225 e. The molecular weight excluding hydrogens is 288 g/mol. The molecule has 3 N–H and O–H groups in total. The number of hydrogen-bond donors (Lipinski definition) is 3. The Kier molecular flexibility index (Phi) is 4.38. The van der Waals surface area contributed by atoms with Crippen molar-refractivity contribution in [1.29, 1.82) is 0 Å². The predicted molar refractivity (Wildman–Crippen MR) is 93.0 cm³/mol. The van der Waals surface area contributed by atoms with Crippen molar-refractivity contribution in [2.45, 2.75) is 6.92 Å². The SMILES string of the molecule is CCNc1nc(Nc2ccc(O)cc2)cc(-c2ccccc2)n1. The van der Waals surface area contributed by atoms with Crippen LogP contribution < -0.4 is 10.6 Å². The van der Waals surface area contributed by atoms with Gasteiger partial charge in [0.25, 0.3) is 0 Å². The second kappa shape index (κ2) is 6.79. The Morgan fingerprint density at radius 3 is 2.39 bits per heavy atom. The van der Waals surface area contributed by atoms with E-state index < -0.39 is 0 Å². The summed E-state index contributed by atoms with van der Waals surface area (Å²) in [4.78, 5) is 9.02.